The summed E-state index contributed by atoms with van der Waals surface area (Å²) in [5.41, 5.74) is 4.75. The van der Waals surface area contributed by atoms with Crippen molar-refractivity contribution in [2.75, 3.05) is 10.6 Å². The van der Waals surface area contributed by atoms with Crippen LogP contribution in [-0.4, -0.2) is 26.8 Å². The second kappa shape index (κ2) is 9.17. The molecule has 166 valence electrons. The first-order chi connectivity index (χ1) is 16.5. The number of amides is 2. The summed E-state index contributed by atoms with van der Waals surface area (Å²) in [4.78, 5) is 36.6. The second-order valence-corrected chi connectivity index (χ2v) is 7.99. The van der Waals surface area contributed by atoms with Gasteiger partial charge in [0.15, 0.2) is 0 Å². The largest absolute Gasteiger partial charge is 0.338 e. The van der Waals surface area contributed by atoms with Crippen molar-refractivity contribution in [1.29, 1.82) is 0 Å². The minimum atomic E-state index is -0.224. The molecule has 0 aliphatic heterocycles. The Morgan fingerprint density at radius 3 is 2.24 bits per heavy atom. The minimum absolute atomic E-state index is 0.223. The van der Waals surface area contributed by atoms with Crippen molar-refractivity contribution in [3.63, 3.8) is 0 Å². The van der Waals surface area contributed by atoms with Crippen LogP contribution in [0.5, 0.6) is 0 Å². The third-order valence-electron chi connectivity index (χ3n) is 5.19. The number of benzene rings is 3. The molecular formula is C26H18ClN5O2. The minimum Gasteiger partial charge on any atom is -0.338 e. The van der Waals surface area contributed by atoms with E-state index in [-0.39, 0.29) is 11.8 Å². The van der Waals surface area contributed by atoms with E-state index in [1.54, 1.807) is 48.7 Å². The van der Waals surface area contributed by atoms with Gasteiger partial charge in [-0.25, -0.2) is 4.98 Å². The molecule has 0 atom stereocenters. The van der Waals surface area contributed by atoms with Crippen molar-refractivity contribution in [1.82, 2.24) is 15.0 Å². The van der Waals surface area contributed by atoms with Gasteiger partial charge in [-0.15, -0.1) is 0 Å². The summed E-state index contributed by atoms with van der Waals surface area (Å²) < 4.78 is 0. The van der Waals surface area contributed by atoms with Crippen LogP contribution in [0.4, 0.5) is 11.4 Å². The van der Waals surface area contributed by atoms with E-state index in [0.717, 1.165) is 16.6 Å². The maximum absolute atomic E-state index is 12.5. The van der Waals surface area contributed by atoms with E-state index in [0.29, 0.717) is 33.3 Å². The Hall–Kier alpha value is -4.49. The number of nitrogens with zero attached hydrogens (tertiary/aromatic N) is 2. The third-order valence-corrected chi connectivity index (χ3v) is 5.44. The first-order valence-electron chi connectivity index (χ1n) is 10.4. The Bertz CT molecular complexity index is 1480. The van der Waals surface area contributed by atoms with Gasteiger partial charge in [-0.1, -0.05) is 11.6 Å². The summed E-state index contributed by atoms with van der Waals surface area (Å²) in [5, 5.41) is 6.31. The van der Waals surface area contributed by atoms with Gasteiger partial charge in [0, 0.05) is 39.9 Å². The van der Waals surface area contributed by atoms with E-state index >= 15 is 0 Å². The number of anilines is 2. The average Bonchev–Trinajstić information content (AvgIpc) is 3.29. The number of halogens is 1. The molecule has 0 saturated heterocycles. The predicted octanol–water partition coefficient (Wildman–Crippen LogP) is 5.78. The zero-order valence-corrected chi connectivity index (χ0v) is 18.5. The molecule has 3 aromatic carbocycles. The van der Waals surface area contributed by atoms with Gasteiger partial charge in [-0.3, -0.25) is 14.6 Å². The number of aromatic nitrogens is 3. The lowest BCUT2D eigenvalue weighted by molar-refractivity contribution is 0.101. The Balaban J connectivity index is 1.31. The van der Waals surface area contributed by atoms with Gasteiger partial charge >= 0.3 is 0 Å². The van der Waals surface area contributed by atoms with Gasteiger partial charge in [0.25, 0.3) is 11.8 Å². The van der Waals surface area contributed by atoms with Crippen LogP contribution in [0.15, 0.2) is 91.3 Å². The molecule has 0 aliphatic carbocycles. The number of rotatable bonds is 5. The molecule has 34 heavy (non-hydrogen) atoms. The van der Waals surface area contributed by atoms with Crippen molar-refractivity contribution in [3.05, 3.63) is 107 Å². The fourth-order valence-corrected chi connectivity index (χ4v) is 3.57. The smallest absolute Gasteiger partial charge is 0.257 e. The monoisotopic (exact) mass is 467 g/mol. The number of carbonyl (C=O) groups is 2. The third kappa shape index (κ3) is 4.65. The van der Waals surface area contributed by atoms with E-state index in [4.69, 9.17) is 11.6 Å². The van der Waals surface area contributed by atoms with Crippen LogP contribution in [0, 0.1) is 0 Å². The molecule has 0 fully saturated rings. The van der Waals surface area contributed by atoms with Gasteiger partial charge in [-0.05, 0) is 78.9 Å². The van der Waals surface area contributed by atoms with Crippen molar-refractivity contribution >= 4 is 45.8 Å². The lowest BCUT2D eigenvalue weighted by atomic mass is 10.2. The molecule has 0 bridgehead atoms. The van der Waals surface area contributed by atoms with Gasteiger partial charge in [0.05, 0.1) is 16.6 Å². The normalized spacial score (nSPS) is 10.7. The topological polar surface area (TPSA) is 99.8 Å². The highest BCUT2D eigenvalue weighted by Crippen LogP contribution is 2.24. The van der Waals surface area contributed by atoms with Gasteiger partial charge < -0.3 is 15.6 Å². The molecule has 0 radical (unpaired) electrons. The highest BCUT2D eigenvalue weighted by atomic mass is 35.5. The van der Waals surface area contributed by atoms with Gasteiger partial charge in [0.1, 0.15) is 5.82 Å². The fourth-order valence-electron chi connectivity index (χ4n) is 3.44. The number of carbonyl (C=O) groups excluding carboxylic acids is 2. The van der Waals surface area contributed by atoms with Crippen molar-refractivity contribution in [2.24, 2.45) is 0 Å². The summed E-state index contributed by atoms with van der Waals surface area (Å²) in [6, 6.07) is 23.0. The number of nitrogens with one attached hydrogen (secondary N) is 3. The average molecular weight is 468 g/mol. The summed E-state index contributed by atoms with van der Waals surface area (Å²) in [6.45, 7) is 0. The van der Waals surface area contributed by atoms with Crippen LogP contribution in [0.25, 0.3) is 22.4 Å². The zero-order valence-electron chi connectivity index (χ0n) is 17.7. The zero-order chi connectivity index (χ0) is 23.5. The Morgan fingerprint density at radius 1 is 0.794 bits per heavy atom. The molecular weight excluding hydrogens is 450 g/mol. The van der Waals surface area contributed by atoms with Crippen LogP contribution < -0.4 is 10.6 Å². The molecule has 0 aliphatic rings. The standard InChI is InChI=1S/C26H18ClN5O2/c27-19-7-3-17(4-8-19)25(33)30-21-11-12-22-23(14-21)32-24(31-22)16-5-9-20(10-6-16)29-26(34)18-2-1-13-28-15-18/h1-15H,(H,29,34)(H,30,33)(H,31,32). The number of pyridine rings is 1. The van der Waals surface area contributed by atoms with Crippen molar-refractivity contribution in [3.8, 4) is 11.4 Å². The SMILES string of the molecule is O=C(Nc1ccc2nc(-c3ccc(NC(=O)c4cccnc4)cc3)[nH]c2c1)c1ccc(Cl)cc1. The van der Waals surface area contributed by atoms with Crippen LogP contribution in [0.1, 0.15) is 20.7 Å². The van der Waals surface area contributed by atoms with E-state index in [9.17, 15) is 9.59 Å². The number of fused-ring (bicyclic) bond motifs is 1. The molecule has 2 amide bonds. The van der Waals surface area contributed by atoms with E-state index in [1.807, 2.05) is 36.4 Å². The molecule has 5 rings (SSSR count). The van der Waals surface area contributed by atoms with E-state index in [1.165, 1.54) is 6.20 Å². The van der Waals surface area contributed by atoms with Gasteiger partial charge in [0.2, 0.25) is 0 Å². The fraction of sp³-hybridized carbons (Fsp3) is 0. The highest BCUT2D eigenvalue weighted by Gasteiger charge is 2.10. The Morgan fingerprint density at radius 2 is 1.50 bits per heavy atom. The first-order valence-corrected chi connectivity index (χ1v) is 10.8. The summed E-state index contributed by atoms with van der Waals surface area (Å²) in [7, 11) is 0. The van der Waals surface area contributed by atoms with Crippen LogP contribution >= 0.6 is 11.6 Å². The molecule has 2 heterocycles. The van der Waals surface area contributed by atoms with Crippen LogP contribution in [0.3, 0.4) is 0 Å². The summed E-state index contributed by atoms with van der Waals surface area (Å²) >= 11 is 5.89. The van der Waals surface area contributed by atoms with Crippen LogP contribution in [-0.2, 0) is 0 Å². The highest BCUT2D eigenvalue weighted by molar-refractivity contribution is 6.30. The van der Waals surface area contributed by atoms with E-state index < -0.39 is 0 Å². The second-order valence-electron chi connectivity index (χ2n) is 7.55. The first kappa shape index (κ1) is 21.4. The summed E-state index contributed by atoms with van der Waals surface area (Å²) in [5.74, 6) is 0.235. The van der Waals surface area contributed by atoms with Crippen LogP contribution in [0.2, 0.25) is 5.02 Å². The Kier molecular flexibility index (Phi) is 5.76. The van der Waals surface area contributed by atoms with Crippen molar-refractivity contribution < 1.29 is 9.59 Å². The maximum atomic E-state index is 12.5. The molecule has 8 heteroatoms. The number of hydrogen-bond acceptors (Lipinski definition) is 4. The molecule has 5 aromatic rings. The molecule has 2 aromatic heterocycles. The molecule has 0 saturated carbocycles. The lowest BCUT2D eigenvalue weighted by Gasteiger charge is -2.05. The quantitative estimate of drug-likeness (QED) is 0.305. The lowest BCUT2D eigenvalue weighted by Crippen LogP contribution is -2.11. The molecule has 7 nitrogen and oxygen atoms in total. The maximum Gasteiger partial charge on any atom is 0.257 e. The molecule has 3 N–H and O–H groups in total. The van der Waals surface area contributed by atoms with Gasteiger partial charge in [-0.2, -0.15) is 0 Å². The molecule has 0 spiro atoms. The van der Waals surface area contributed by atoms with Crippen molar-refractivity contribution in [2.45, 2.75) is 0 Å². The number of hydrogen-bond donors (Lipinski definition) is 3. The number of H-pyrrole nitrogens is 1. The summed E-state index contributed by atoms with van der Waals surface area (Å²) in [6.07, 6.45) is 3.14. The number of imidazole rings is 1. The number of aromatic amines is 1. The Labute approximate surface area is 199 Å². The van der Waals surface area contributed by atoms with E-state index in [2.05, 4.69) is 25.6 Å². The molecule has 0 unspecified atom stereocenters. The predicted molar refractivity (Wildman–Crippen MR) is 133 cm³/mol.